The zero-order chi connectivity index (χ0) is 11.5. The lowest BCUT2D eigenvalue weighted by atomic mass is 10.2. The monoisotopic (exact) mass is 238 g/mol. The number of hydrogen-bond acceptors (Lipinski definition) is 2. The SMILES string of the molecule is CCCC[C@H]1O[C@@H]1[S@@](=O)c1ccc(C)cc1. The molecule has 16 heavy (non-hydrogen) atoms. The summed E-state index contributed by atoms with van der Waals surface area (Å²) in [4.78, 5) is 0.884. The first-order valence-electron chi connectivity index (χ1n) is 5.85. The second-order valence-corrected chi connectivity index (χ2v) is 5.83. The van der Waals surface area contributed by atoms with Gasteiger partial charge < -0.3 is 4.74 Å². The van der Waals surface area contributed by atoms with E-state index in [1.54, 1.807) is 0 Å². The van der Waals surface area contributed by atoms with Gasteiger partial charge in [-0.3, -0.25) is 4.21 Å². The van der Waals surface area contributed by atoms with Gasteiger partial charge in [0.2, 0.25) is 0 Å². The van der Waals surface area contributed by atoms with E-state index in [-0.39, 0.29) is 11.5 Å². The molecule has 3 heteroatoms. The number of epoxide rings is 1. The minimum atomic E-state index is -0.988. The third-order valence-electron chi connectivity index (χ3n) is 2.84. The highest BCUT2D eigenvalue weighted by atomic mass is 32.2. The van der Waals surface area contributed by atoms with Crippen LogP contribution in [0.3, 0.4) is 0 Å². The largest absolute Gasteiger partial charge is 0.355 e. The molecule has 1 heterocycles. The molecule has 0 radical (unpaired) electrons. The van der Waals surface area contributed by atoms with E-state index in [4.69, 9.17) is 4.74 Å². The maximum atomic E-state index is 12.1. The van der Waals surface area contributed by atoms with Gasteiger partial charge in [0.05, 0.1) is 16.9 Å². The summed E-state index contributed by atoms with van der Waals surface area (Å²) in [6.45, 7) is 4.19. The minimum Gasteiger partial charge on any atom is -0.355 e. The molecule has 88 valence electrons. The Labute approximate surface area is 99.5 Å². The van der Waals surface area contributed by atoms with Crippen molar-refractivity contribution in [2.24, 2.45) is 0 Å². The first-order chi connectivity index (χ1) is 7.72. The van der Waals surface area contributed by atoms with E-state index in [0.717, 1.165) is 17.7 Å². The first kappa shape index (κ1) is 11.8. The van der Waals surface area contributed by atoms with Gasteiger partial charge in [0.1, 0.15) is 0 Å². The molecule has 0 bridgehead atoms. The molecule has 0 aromatic heterocycles. The Morgan fingerprint density at radius 2 is 2.00 bits per heavy atom. The predicted molar refractivity (Wildman–Crippen MR) is 65.8 cm³/mol. The van der Waals surface area contributed by atoms with E-state index < -0.39 is 10.8 Å². The topological polar surface area (TPSA) is 29.6 Å². The number of rotatable bonds is 5. The summed E-state index contributed by atoms with van der Waals surface area (Å²) in [5.74, 6) is 0. The van der Waals surface area contributed by atoms with Crippen LogP contribution in [0.5, 0.6) is 0 Å². The third kappa shape index (κ3) is 2.71. The Hall–Kier alpha value is -0.670. The van der Waals surface area contributed by atoms with Gasteiger partial charge in [-0.05, 0) is 25.5 Å². The Morgan fingerprint density at radius 3 is 2.62 bits per heavy atom. The molecule has 0 spiro atoms. The van der Waals surface area contributed by atoms with Crippen molar-refractivity contribution in [1.82, 2.24) is 0 Å². The molecule has 3 atom stereocenters. The van der Waals surface area contributed by atoms with Gasteiger partial charge in [0.25, 0.3) is 0 Å². The van der Waals surface area contributed by atoms with Crippen molar-refractivity contribution in [2.45, 2.75) is 49.5 Å². The number of benzene rings is 1. The zero-order valence-corrected chi connectivity index (χ0v) is 10.6. The average molecular weight is 238 g/mol. The van der Waals surface area contributed by atoms with Gasteiger partial charge >= 0.3 is 0 Å². The number of aryl methyl sites for hydroxylation is 1. The molecular formula is C13H18O2S. The number of hydrogen-bond donors (Lipinski definition) is 0. The molecule has 0 N–H and O–H groups in total. The Bertz CT molecular complexity index is 372. The van der Waals surface area contributed by atoms with Gasteiger partial charge in [-0.15, -0.1) is 0 Å². The maximum absolute atomic E-state index is 12.1. The molecule has 1 fully saturated rings. The van der Waals surface area contributed by atoms with Crippen LogP contribution in [-0.4, -0.2) is 15.7 Å². The Morgan fingerprint density at radius 1 is 1.31 bits per heavy atom. The highest BCUT2D eigenvalue weighted by molar-refractivity contribution is 7.85. The van der Waals surface area contributed by atoms with Crippen LogP contribution >= 0.6 is 0 Å². The lowest BCUT2D eigenvalue weighted by molar-refractivity contribution is 0.382. The smallest absolute Gasteiger partial charge is 0.163 e. The van der Waals surface area contributed by atoms with E-state index in [9.17, 15) is 4.21 Å². The van der Waals surface area contributed by atoms with Crippen LogP contribution in [-0.2, 0) is 15.5 Å². The standard InChI is InChI=1S/C13H18O2S/c1-3-4-5-12-13(15-12)16(14)11-8-6-10(2)7-9-11/h6-9,12-13H,3-5H2,1-2H3/t12-,13-,16+/m1/s1. The van der Waals surface area contributed by atoms with Crippen molar-refractivity contribution >= 4 is 10.8 Å². The molecule has 1 aliphatic rings. The van der Waals surface area contributed by atoms with E-state index in [2.05, 4.69) is 6.92 Å². The quantitative estimate of drug-likeness (QED) is 0.738. The summed E-state index contributed by atoms with van der Waals surface area (Å²) in [6, 6.07) is 7.86. The van der Waals surface area contributed by atoms with E-state index >= 15 is 0 Å². The Kier molecular flexibility index (Phi) is 3.77. The van der Waals surface area contributed by atoms with Gasteiger partial charge in [-0.2, -0.15) is 0 Å². The van der Waals surface area contributed by atoms with Crippen LogP contribution in [0, 0.1) is 6.92 Å². The summed E-state index contributed by atoms with van der Waals surface area (Å²) < 4.78 is 17.5. The summed E-state index contributed by atoms with van der Waals surface area (Å²) in [5, 5.41) is 0. The van der Waals surface area contributed by atoms with Gasteiger partial charge in [0, 0.05) is 4.90 Å². The van der Waals surface area contributed by atoms with Crippen molar-refractivity contribution in [3.05, 3.63) is 29.8 Å². The van der Waals surface area contributed by atoms with Gasteiger partial charge in [0.15, 0.2) is 5.44 Å². The predicted octanol–water partition coefficient (Wildman–Crippen LogP) is 3.02. The van der Waals surface area contributed by atoms with Crippen molar-refractivity contribution in [3.63, 3.8) is 0 Å². The van der Waals surface area contributed by atoms with Crippen LogP contribution in [0.2, 0.25) is 0 Å². The fraction of sp³-hybridized carbons (Fsp3) is 0.538. The van der Waals surface area contributed by atoms with Crippen molar-refractivity contribution < 1.29 is 8.95 Å². The lowest BCUT2D eigenvalue weighted by Crippen LogP contribution is -2.03. The van der Waals surface area contributed by atoms with E-state index in [1.807, 2.05) is 31.2 Å². The summed E-state index contributed by atoms with van der Waals surface area (Å²) in [6.07, 6.45) is 3.59. The van der Waals surface area contributed by atoms with Crippen molar-refractivity contribution in [3.8, 4) is 0 Å². The van der Waals surface area contributed by atoms with E-state index in [1.165, 1.54) is 12.0 Å². The fourth-order valence-corrected chi connectivity index (χ4v) is 3.06. The fourth-order valence-electron chi connectivity index (χ4n) is 1.73. The average Bonchev–Trinajstić information content (AvgIpc) is 3.06. The molecule has 0 unspecified atom stereocenters. The Balaban J connectivity index is 1.92. The molecule has 1 aromatic rings. The zero-order valence-electron chi connectivity index (χ0n) is 9.81. The third-order valence-corrected chi connectivity index (χ3v) is 4.42. The van der Waals surface area contributed by atoms with Crippen LogP contribution in [0.4, 0.5) is 0 Å². The summed E-state index contributed by atoms with van der Waals surface area (Å²) in [7, 11) is -0.988. The molecule has 1 saturated heterocycles. The van der Waals surface area contributed by atoms with Gasteiger partial charge in [-0.25, -0.2) is 0 Å². The first-order valence-corrected chi connectivity index (χ1v) is 7.06. The molecule has 1 aliphatic heterocycles. The van der Waals surface area contributed by atoms with E-state index in [0.29, 0.717) is 0 Å². The van der Waals surface area contributed by atoms with Gasteiger partial charge in [-0.1, -0.05) is 37.5 Å². The molecule has 0 aliphatic carbocycles. The normalized spacial score (nSPS) is 25.4. The lowest BCUT2D eigenvalue weighted by Gasteiger charge is -1.99. The summed E-state index contributed by atoms with van der Waals surface area (Å²) in [5.41, 5.74) is 1.13. The second kappa shape index (κ2) is 5.11. The second-order valence-electron chi connectivity index (χ2n) is 4.30. The van der Waals surface area contributed by atoms with Crippen LogP contribution in [0.15, 0.2) is 29.2 Å². The van der Waals surface area contributed by atoms with Crippen molar-refractivity contribution in [2.75, 3.05) is 0 Å². The molecule has 1 aromatic carbocycles. The molecular weight excluding hydrogens is 220 g/mol. The molecule has 2 rings (SSSR count). The molecule has 0 saturated carbocycles. The molecule has 0 amide bonds. The minimum absolute atomic E-state index is 0.0609. The molecule has 2 nitrogen and oxygen atoms in total. The number of unbranched alkanes of at least 4 members (excludes halogenated alkanes) is 1. The highest BCUT2D eigenvalue weighted by Gasteiger charge is 2.43. The van der Waals surface area contributed by atoms with Crippen LogP contribution in [0.25, 0.3) is 0 Å². The van der Waals surface area contributed by atoms with Crippen molar-refractivity contribution in [1.29, 1.82) is 0 Å². The highest BCUT2D eigenvalue weighted by Crippen LogP contribution is 2.33. The van der Waals surface area contributed by atoms with Crippen LogP contribution in [0.1, 0.15) is 31.7 Å². The van der Waals surface area contributed by atoms with Crippen LogP contribution < -0.4 is 0 Å². The summed E-state index contributed by atoms with van der Waals surface area (Å²) >= 11 is 0. The maximum Gasteiger partial charge on any atom is 0.163 e. The number of ether oxygens (including phenoxy) is 1.